The molecule has 1 saturated heterocycles. The van der Waals surface area contributed by atoms with E-state index in [1.807, 2.05) is 43.3 Å². The fourth-order valence-electron chi connectivity index (χ4n) is 4.72. The summed E-state index contributed by atoms with van der Waals surface area (Å²) in [6.45, 7) is 9.24. The Balaban J connectivity index is 1.65. The molecule has 37 heavy (non-hydrogen) atoms. The van der Waals surface area contributed by atoms with Gasteiger partial charge in [-0.25, -0.2) is 4.79 Å². The van der Waals surface area contributed by atoms with E-state index in [1.165, 1.54) is 0 Å². The van der Waals surface area contributed by atoms with Gasteiger partial charge >= 0.3 is 5.97 Å². The number of rotatable bonds is 8. The molecular weight excluding hydrogens is 468 g/mol. The number of piperidine rings is 1. The minimum absolute atomic E-state index is 0.157. The Bertz CT molecular complexity index is 1250. The van der Waals surface area contributed by atoms with Gasteiger partial charge in [-0.2, -0.15) is 0 Å². The van der Waals surface area contributed by atoms with Gasteiger partial charge in [0.05, 0.1) is 13.7 Å². The Morgan fingerprint density at radius 1 is 1.05 bits per heavy atom. The van der Waals surface area contributed by atoms with Crippen LogP contribution in [0.25, 0.3) is 0 Å². The number of benzene rings is 2. The molecule has 2 N–H and O–H groups in total. The number of methoxy groups -OCH3 is 1. The number of nitrogens with zero attached hydrogens (tertiary/aromatic N) is 2. The van der Waals surface area contributed by atoms with Gasteiger partial charge in [-0.1, -0.05) is 6.58 Å². The van der Waals surface area contributed by atoms with E-state index in [2.05, 4.69) is 16.8 Å². The van der Waals surface area contributed by atoms with Crippen LogP contribution in [0, 0.1) is 12.3 Å². The summed E-state index contributed by atoms with van der Waals surface area (Å²) >= 11 is 0. The maximum atomic E-state index is 13.8. The van der Waals surface area contributed by atoms with Gasteiger partial charge in [-0.3, -0.25) is 10.2 Å². The molecule has 8 nitrogen and oxygen atoms in total. The SMILES string of the molecule is C=C1CCCCN1c1ccc(N2CCC(C(=N)C(=O)OCC)=C(Nc3ccc(OC)cc3C)C2=O)cc1. The van der Waals surface area contributed by atoms with Crippen LogP contribution >= 0.6 is 0 Å². The molecule has 1 amide bonds. The van der Waals surface area contributed by atoms with Crippen molar-refractivity contribution in [1.82, 2.24) is 0 Å². The zero-order valence-corrected chi connectivity index (χ0v) is 21.7. The highest BCUT2D eigenvalue weighted by Gasteiger charge is 2.33. The van der Waals surface area contributed by atoms with Crippen LogP contribution in [-0.4, -0.2) is 44.4 Å². The first-order valence-electron chi connectivity index (χ1n) is 12.6. The zero-order valence-electron chi connectivity index (χ0n) is 21.7. The van der Waals surface area contributed by atoms with E-state index in [1.54, 1.807) is 25.0 Å². The van der Waals surface area contributed by atoms with Crippen LogP contribution in [0.1, 0.15) is 38.2 Å². The minimum Gasteiger partial charge on any atom is -0.497 e. The highest BCUT2D eigenvalue weighted by atomic mass is 16.5. The summed E-state index contributed by atoms with van der Waals surface area (Å²) in [6, 6.07) is 13.4. The van der Waals surface area contributed by atoms with Crippen LogP contribution in [-0.2, 0) is 14.3 Å². The lowest BCUT2D eigenvalue weighted by molar-refractivity contribution is -0.135. The Kier molecular flexibility index (Phi) is 7.96. The van der Waals surface area contributed by atoms with Gasteiger partial charge in [0, 0.05) is 41.4 Å². The molecule has 2 heterocycles. The van der Waals surface area contributed by atoms with Crippen LogP contribution in [0.15, 0.2) is 66.0 Å². The van der Waals surface area contributed by atoms with Crippen LogP contribution in [0.5, 0.6) is 5.75 Å². The molecule has 2 aromatic rings. The standard InChI is InChI=1S/C29H34N4O4/c1-5-37-29(35)26(30)24-15-17-33(22-11-9-21(10-12-22)32-16-7-6-8-20(32)3)28(34)27(24)31-25-14-13-23(36-4)18-19(25)2/h9-14,18,30-31H,3,5-8,15-17H2,1-2,4H3. The predicted octanol–water partition coefficient (Wildman–Crippen LogP) is 5.19. The predicted molar refractivity (Wildman–Crippen MR) is 146 cm³/mol. The van der Waals surface area contributed by atoms with Crippen LogP contribution in [0.3, 0.4) is 0 Å². The molecule has 0 spiro atoms. The molecule has 1 fully saturated rings. The van der Waals surface area contributed by atoms with Crippen molar-refractivity contribution in [2.45, 2.75) is 39.5 Å². The van der Waals surface area contributed by atoms with Crippen LogP contribution < -0.4 is 19.9 Å². The second kappa shape index (κ2) is 11.3. The Morgan fingerprint density at radius 3 is 2.38 bits per heavy atom. The fraction of sp³-hybridized carbons (Fsp3) is 0.345. The molecule has 0 aromatic heterocycles. The molecule has 2 aliphatic rings. The molecule has 194 valence electrons. The Hall–Kier alpha value is -4.07. The van der Waals surface area contributed by atoms with Gasteiger partial charge in [-0.15, -0.1) is 0 Å². The topological polar surface area (TPSA) is 95.0 Å². The number of amides is 1. The number of carbonyl (C=O) groups is 2. The van der Waals surface area contributed by atoms with Crippen molar-refractivity contribution in [3.05, 3.63) is 71.6 Å². The second-order valence-corrected chi connectivity index (χ2v) is 9.15. The summed E-state index contributed by atoms with van der Waals surface area (Å²) in [5.41, 5.74) is 4.72. The summed E-state index contributed by atoms with van der Waals surface area (Å²) in [7, 11) is 1.60. The second-order valence-electron chi connectivity index (χ2n) is 9.15. The third-order valence-corrected chi connectivity index (χ3v) is 6.77. The summed E-state index contributed by atoms with van der Waals surface area (Å²) in [4.78, 5) is 30.1. The number of hydrogen-bond acceptors (Lipinski definition) is 7. The van der Waals surface area contributed by atoms with E-state index < -0.39 is 5.97 Å². The number of anilines is 3. The Labute approximate surface area is 218 Å². The number of hydrogen-bond donors (Lipinski definition) is 2. The van der Waals surface area contributed by atoms with Crippen molar-refractivity contribution in [2.24, 2.45) is 0 Å². The van der Waals surface area contributed by atoms with Crippen molar-refractivity contribution >= 4 is 34.7 Å². The van der Waals surface area contributed by atoms with Crippen LogP contribution in [0.2, 0.25) is 0 Å². The lowest BCUT2D eigenvalue weighted by Gasteiger charge is -2.33. The normalized spacial score (nSPS) is 16.1. The van der Waals surface area contributed by atoms with E-state index in [-0.39, 0.29) is 23.9 Å². The number of esters is 1. The third-order valence-electron chi connectivity index (χ3n) is 6.77. The lowest BCUT2D eigenvalue weighted by Crippen LogP contribution is -2.42. The van der Waals surface area contributed by atoms with Gasteiger partial charge in [0.15, 0.2) is 0 Å². The molecule has 0 saturated carbocycles. The van der Waals surface area contributed by atoms with Gasteiger partial charge in [0.1, 0.15) is 17.2 Å². The molecule has 0 atom stereocenters. The van der Waals surface area contributed by atoms with E-state index in [9.17, 15) is 9.59 Å². The average molecular weight is 503 g/mol. The molecule has 0 aliphatic carbocycles. The van der Waals surface area contributed by atoms with E-state index in [0.29, 0.717) is 30.0 Å². The van der Waals surface area contributed by atoms with E-state index in [4.69, 9.17) is 14.9 Å². The van der Waals surface area contributed by atoms with Crippen LogP contribution in [0.4, 0.5) is 17.1 Å². The molecule has 0 bridgehead atoms. The first kappa shape index (κ1) is 26.0. The molecule has 2 aromatic carbocycles. The van der Waals surface area contributed by atoms with Crippen molar-refractivity contribution in [2.75, 3.05) is 41.9 Å². The quantitative estimate of drug-likeness (QED) is 0.381. The monoisotopic (exact) mass is 502 g/mol. The first-order valence-corrected chi connectivity index (χ1v) is 12.6. The first-order chi connectivity index (χ1) is 17.8. The van der Waals surface area contributed by atoms with E-state index >= 15 is 0 Å². The fourth-order valence-corrected chi connectivity index (χ4v) is 4.72. The van der Waals surface area contributed by atoms with Gasteiger partial charge < -0.3 is 24.6 Å². The minimum atomic E-state index is -0.740. The van der Waals surface area contributed by atoms with Gasteiger partial charge in [0.25, 0.3) is 5.91 Å². The number of ether oxygens (including phenoxy) is 2. The highest BCUT2D eigenvalue weighted by Crippen LogP contribution is 2.32. The average Bonchev–Trinajstić information content (AvgIpc) is 2.91. The maximum absolute atomic E-state index is 13.8. The van der Waals surface area contributed by atoms with Crippen molar-refractivity contribution in [3.8, 4) is 5.75 Å². The number of nitrogens with one attached hydrogen (secondary N) is 2. The summed E-state index contributed by atoms with van der Waals surface area (Å²) in [5.74, 6) is -0.346. The smallest absolute Gasteiger partial charge is 0.356 e. The molecular formula is C29H34N4O4. The summed E-state index contributed by atoms with van der Waals surface area (Å²) in [6.07, 6.45) is 3.62. The Morgan fingerprint density at radius 2 is 1.76 bits per heavy atom. The molecule has 2 aliphatic heterocycles. The lowest BCUT2D eigenvalue weighted by atomic mass is 9.98. The maximum Gasteiger partial charge on any atom is 0.356 e. The van der Waals surface area contributed by atoms with E-state index in [0.717, 1.165) is 48.4 Å². The highest BCUT2D eigenvalue weighted by molar-refractivity contribution is 6.43. The number of aryl methyl sites for hydroxylation is 1. The number of carbonyl (C=O) groups excluding carboxylic acids is 2. The molecule has 8 heteroatoms. The molecule has 0 unspecified atom stereocenters. The largest absolute Gasteiger partial charge is 0.497 e. The third kappa shape index (κ3) is 5.53. The summed E-state index contributed by atoms with van der Waals surface area (Å²) < 4.78 is 10.4. The van der Waals surface area contributed by atoms with Crippen molar-refractivity contribution in [3.63, 3.8) is 0 Å². The molecule has 0 radical (unpaired) electrons. The van der Waals surface area contributed by atoms with Gasteiger partial charge in [-0.05, 0) is 87.6 Å². The summed E-state index contributed by atoms with van der Waals surface area (Å²) in [5, 5.41) is 11.7. The molecule has 4 rings (SSSR count). The number of allylic oxidation sites excluding steroid dienone is 1. The zero-order chi connectivity index (χ0) is 26.5. The van der Waals surface area contributed by atoms with Crippen molar-refractivity contribution < 1.29 is 19.1 Å². The van der Waals surface area contributed by atoms with Gasteiger partial charge in [0.2, 0.25) is 0 Å². The van der Waals surface area contributed by atoms with Crippen molar-refractivity contribution in [1.29, 1.82) is 5.41 Å².